The number of methoxy groups -OCH3 is 1. The Morgan fingerprint density at radius 2 is 1.93 bits per heavy atom. The average Bonchev–Trinajstić information content (AvgIpc) is 2.64. The van der Waals surface area contributed by atoms with Crippen LogP contribution in [-0.4, -0.2) is 23.9 Å². The van der Waals surface area contributed by atoms with Gasteiger partial charge in [-0.3, -0.25) is 4.79 Å². The molecule has 1 aliphatic rings. The molecule has 1 amide bonds. The van der Waals surface area contributed by atoms with Crippen molar-refractivity contribution in [2.45, 2.75) is 32.7 Å². The quantitative estimate of drug-likeness (QED) is 0.724. The summed E-state index contributed by atoms with van der Waals surface area (Å²) in [5.41, 5.74) is 4.12. The number of hydrogen-bond donors (Lipinski definition) is 0. The van der Waals surface area contributed by atoms with E-state index < -0.39 is 5.97 Å². The molecule has 2 aromatic carbocycles. The molecule has 0 spiro atoms. The first kappa shape index (κ1) is 19.2. The smallest absolute Gasteiger partial charge is 0.336 e. The fraction of sp³-hybridized carbons (Fsp3) is 0.273. The van der Waals surface area contributed by atoms with Crippen LogP contribution in [0.15, 0.2) is 59.8 Å². The number of benzene rings is 2. The summed E-state index contributed by atoms with van der Waals surface area (Å²) in [4.78, 5) is 27.1. The maximum absolute atomic E-state index is 12.9. The lowest BCUT2D eigenvalue weighted by molar-refractivity contribution is -0.138. The molecule has 0 N–H and O–H groups in total. The molecule has 3 rings (SSSR count). The first-order valence-electron chi connectivity index (χ1n) is 8.81. The molecule has 1 heterocycles. The molecule has 2 aromatic rings. The summed E-state index contributed by atoms with van der Waals surface area (Å²) in [6.07, 6.45) is 0.202. The molecule has 5 heteroatoms. The number of rotatable bonds is 4. The van der Waals surface area contributed by atoms with Gasteiger partial charge >= 0.3 is 5.97 Å². The zero-order chi connectivity index (χ0) is 19.6. The largest absolute Gasteiger partial charge is 0.466 e. The standard InChI is InChI=1S/C22H22ClNO3/c1-14-6-4-7-16(10-14)13-24-15(2)21(22(26)27-3)19(12-20(24)25)17-8-5-9-18(23)11-17/h4-11,19H,12-13H2,1-3H3/t19-/m0/s1. The zero-order valence-electron chi connectivity index (χ0n) is 15.7. The minimum Gasteiger partial charge on any atom is -0.466 e. The van der Waals surface area contributed by atoms with Gasteiger partial charge in [-0.25, -0.2) is 4.79 Å². The molecular weight excluding hydrogens is 362 g/mol. The van der Waals surface area contributed by atoms with Crippen LogP contribution in [0.5, 0.6) is 0 Å². The molecule has 0 saturated carbocycles. The SMILES string of the molecule is COC(=O)C1=C(C)N(Cc2cccc(C)c2)C(=O)C[C@H]1c1cccc(Cl)c1. The third-order valence-electron chi connectivity index (χ3n) is 4.90. The first-order chi connectivity index (χ1) is 12.9. The predicted octanol–water partition coefficient (Wildman–Crippen LogP) is 4.61. The van der Waals surface area contributed by atoms with E-state index >= 15 is 0 Å². The Labute approximate surface area is 164 Å². The lowest BCUT2D eigenvalue weighted by Crippen LogP contribution is -2.37. The summed E-state index contributed by atoms with van der Waals surface area (Å²) in [7, 11) is 1.36. The molecule has 1 aliphatic heterocycles. The van der Waals surface area contributed by atoms with Gasteiger partial charge in [0.25, 0.3) is 0 Å². The second kappa shape index (κ2) is 7.97. The van der Waals surface area contributed by atoms with E-state index in [1.807, 2.05) is 43.3 Å². The van der Waals surface area contributed by atoms with E-state index in [9.17, 15) is 9.59 Å². The van der Waals surface area contributed by atoms with E-state index in [0.29, 0.717) is 22.8 Å². The van der Waals surface area contributed by atoms with Crippen molar-refractivity contribution in [2.75, 3.05) is 7.11 Å². The highest BCUT2D eigenvalue weighted by molar-refractivity contribution is 6.30. The fourth-order valence-electron chi connectivity index (χ4n) is 3.58. The third kappa shape index (κ3) is 4.06. The van der Waals surface area contributed by atoms with Crippen LogP contribution in [0.4, 0.5) is 0 Å². The van der Waals surface area contributed by atoms with Crippen molar-refractivity contribution in [3.05, 3.63) is 81.5 Å². The Morgan fingerprint density at radius 3 is 2.59 bits per heavy atom. The maximum Gasteiger partial charge on any atom is 0.336 e. The molecular formula is C22H22ClNO3. The Morgan fingerprint density at radius 1 is 1.19 bits per heavy atom. The highest BCUT2D eigenvalue weighted by atomic mass is 35.5. The van der Waals surface area contributed by atoms with Gasteiger partial charge in [0.15, 0.2) is 0 Å². The number of aryl methyl sites for hydroxylation is 1. The molecule has 0 bridgehead atoms. The van der Waals surface area contributed by atoms with Gasteiger partial charge in [-0.1, -0.05) is 53.6 Å². The summed E-state index contributed by atoms with van der Waals surface area (Å²) in [5.74, 6) is -0.803. The van der Waals surface area contributed by atoms with Crippen molar-refractivity contribution in [1.82, 2.24) is 4.90 Å². The van der Waals surface area contributed by atoms with Gasteiger partial charge in [-0.05, 0) is 37.1 Å². The summed E-state index contributed by atoms with van der Waals surface area (Å²) >= 11 is 6.12. The van der Waals surface area contributed by atoms with Gasteiger partial charge in [0.1, 0.15) is 0 Å². The maximum atomic E-state index is 12.9. The number of esters is 1. The molecule has 1 atom stereocenters. The van der Waals surface area contributed by atoms with Gasteiger partial charge in [0, 0.05) is 23.1 Å². The number of hydrogen-bond acceptors (Lipinski definition) is 3. The van der Waals surface area contributed by atoms with Crippen molar-refractivity contribution in [2.24, 2.45) is 0 Å². The Bertz CT molecular complexity index is 919. The van der Waals surface area contributed by atoms with Crippen molar-refractivity contribution in [3.63, 3.8) is 0 Å². The molecule has 0 unspecified atom stereocenters. The fourth-order valence-corrected chi connectivity index (χ4v) is 3.78. The van der Waals surface area contributed by atoms with Gasteiger partial charge in [-0.2, -0.15) is 0 Å². The molecule has 0 radical (unpaired) electrons. The van der Waals surface area contributed by atoms with Gasteiger partial charge < -0.3 is 9.64 Å². The third-order valence-corrected chi connectivity index (χ3v) is 5.14. The molecule has 4 nitrogen and oxygen atoms in total. The van der Waals surface area contributed by atoms with Gasteiger partial charge in [0.2, 0.25) is 5.91 Å². The normalized spacial score (nSPS) is 17.3. The van der Waals surface area contributed by atoms with E-state index in [1.54, 1.807) is 24.0 Å². The lowest BCUT2D eigenvalue weighted by atomic mass is 9.83. The second-order valence-corrected chi connectivity index (χ2v) is 7.21. The van der Waals surface area contributed by atoms with Crippen LogP contribution in [0.3, 0.4) is 0 Å². The second-order valence-electron chi connectivity index (χ2n) is 6.77. The van der Waals surface area contributed by atoms with Crippen LogP contribution in [0.25, 0.3) is 0 Å². The highest BCUT2D eigenvalue weighted by Gasteiger charge is 2.36. The van der Waals surface area contributed by atoms with Crippen molar-refractivity contribution >= 4 is 23.5 Å². The van der Waals surface area contributed by atoms with Crippen LogP contribution in [-0.2, 0) is 20.9 Å². The van der Waals surface area contributed by atoms with E-state index in [1.165, 1.54) is 7.11 Å². The molecule has 0 saturated heterocycles. The number of ether oxygens (including phenoxy) is 1. The monoisotopic (exact) mass is 383 g/mol. The van der Waals surface area contributed by atoms with Gasteiger partial charge in [-0.15, -0.1) is 0 Å². The summed E-state index contributed by atoms with van der Waals surface area (Å²) < 4.78 is 5.03. The van der Waals surface area contributed by atoms with Crippen LogP contribution >= 0.6 is 11.6 Å². The first-order valence-corrected chi connectivity index (χ1v) is 9.19. The molecule has 0 fully saturated rings. The predicted molar refractivity (Wildman–Crippen MR) is 105 cm³/mol. The van der Waals surface area contributed by atoms with Crippen LogP contribution in [0.1, 0.15) is 36.0 Å². The Balaban J connectivity index is 2.03. The number of halogens is 1. The van der Waals surface area contributed by atoms with Crippen molar-refractivity contribution in [1.29, 1.82) is 0 Å². The molecule has 140 valence electrons. The minimum atomic E-state index is -0.417. The number of carbonyl (C=O) groups is 2. The van der Waals surface area contributed by atoms with Crippen molar-refractivity contribution < 1.29 is 14.3 Å². The summed E-state index contributed by atoms with van der Waals surface area (Å²) in [5, 5.41) is 0.573. The summed E-state index contributed by atoms with van der Waals surface area (Å²) in [6, 6.07) is 15.3. The highest BCUT2D eigenvalue weighted by Crippen LogP contribution is 2.38. The lowest BCUT2D eigenvalue weighted by Gasteiger charge is -2.34. The number of amides is 1. The molecule has 0 aliphatic carbocycles. The van der Waals surface area contributed by atoms with E-state index in [2.05, 4.69) is 0 Å². The van der Waals surface area contributed by atoms with E-state index in [4.69, 9.17) is 16.3 Å². The van der Waals surface area contributed by atoms with Crippen LogP contribution < -0.4 is 0 Å². The van der Waals surface area contributed by atoms with E-state index in [-0.39, 0.29) is 18.2 Å². The topological polar surface area (TPSA) is 46.6 Å². The Kier molecular flexibility index (Phi) is 5.66. The number of carbonyl (C=O) groups excluding carboxylic acids is 2. The van der Waals surface area contributed by atoms with Crippen LogP contribution in [0, 0.1) is 6.92 Å². The van der Waals surface area contributed by atoms with Crippen molar-refractivity contribution in [3.8, 4) is 0 Å². The molecule has 0 aromatic heterocycles. The van der Waals surface area contributed by atoms with Gasteiger partial charge in [0.05, 0.1) is 19.2 Å². The minimum absolute atomic E-state index is 0.0216. The summed E-state index contributed by atoms with van der Waals surface area (Å²) in [6.45, 7) is 4.24. The van der Waals surface area contributed by atoms with E-state index in [0.717, 1.165) is 16.7 Å². The number of allylic oxidation sites excluding steroid dienone is 1. The zero-order valence-corrected chi connectivity index (χ0v) is 16.4. The molecule has 27 heavy (non-hydrogen) atoms. The Hall–Kier alpha value is -2.59. The number of nitrogens with zero attached hydrogens (tertiary/aromatic N) is 1. The average molecular weight is 384 g/mol. The van der Waals surface area contributed by atoms with Crippen LogP contribution in [0.2, 0.25) is 5.02 Å².